The van der Waals surface area contributed by atoms with Gasteiger partial charge in [-0.05, 0) is 177 Å². The smallest absolute Gasteiger partial charge is 0.0549 e. The summed E-state index contributed by atoms with van der Waals surface area (Å²) in [6, 6.07) is 50.3. The molecule has 58 heavy (non-hydrogen) atoms. The molecule has 4 saturated carbocycles. The van der Waals surface area contributed by atoms with E-state index in [0.717, 1.165) is 11.8 Å². The van der Waals surface area contributed by atoms with Crippen LogP contribution in [0.1, 0.15) is 120 Å². The van der Waals surface area contributed by atoms with Crippen LogP contribution in [0.2, 0.25) is 0 Å². The molecule has 0 radical (unpaired) electrons. The summed E-state index contributed by atoms with van der Waals surface area (Å²) >= 11 is 0. The number of rotatable bonds is 4. The van der Waals surface area contributed by atoms with E-state index in [4.69, 9.17) is 0 Å². The lowest BCUT2D eigenvalue weighted by molar-refractivity contribution is -0.0399. The van der Waals surface area contributed by atoms with Crippen LogP contribution in [0.15, 0.2) is 127 Å². The average Bonchev–Trinajstić information content (AvgIpc) is 3.64. The third-order valence-corrected chi connectivity index (χ3v) is 16.9. The first-order valence-corrected chi connectivity index (χ1v) is 22.5. The Bertz CT molecular complexity index is 2640. The Morgan fingerprint density at radius 2 is 1.00 bits per heavy atom. The van der Waals surface area contributed by atoms with Crippen molar-refractivity contribution < 1.29 is 0 Å². The quantitative estimate of drug-likeness (QED) is 0.173. The first-order chi connectivity index (χ1) is 27.9. The minimum atomic E-state index is -0.0969. The Hall–Kier alpha value is -4.88. The summed E-state index contributed by atoms with van der Waals surface area (Å²) in [5, 5.41) is 0. The van der Waals surface area contributed by atoms with Gasteiger partial charge in [0.2, 0.25) is 0 Å². The fourth-order valence-corrected chi connectivity index (χ4v) is 14.2. The lowest BCUT2D eigenvalue weighted by atomic mass is 9.43. The lowest BCUT2D eigenvalue weighted by Crippen LogP contribution is -2.55. The van der Waals surface area contributed by atoms with Crippen molar-refractivity contribution >= 4 is 17.1 Å². The molecule has 0 N–H and O–H groups in total. The van der Waals surface area contributed by atoms with Crippen molar-refractivity contribution in [1.82, 2.24) is 0 Å². The van der Waals surface area contributed by atoms with Crippen molar-refractivity contribution in [2.45, 2.75) is 108 Å². The molecule has 0 aromatic heterocycles. The van der Waals surface area contributed by atoms with Crippen LogP contribution in [0.4, 0.5) is 17.1 Å². The Morgan fingerprint density at radius 1 is 0.431 bits per heavy atom. The van der Waals surface area contributed by atoms with E-state index in [1.807, 2.05) is 0 Å². The Morgan fingerprint density at radius 3 is 1.71 bits per heavy atom. The molecule has 0 unspecified atom stereocenters. The van der Waals surface area contributed by atoms with Gasteiger partial charge < -0.3 is 4.90 Å². The molecule has 6 aromatic rings. The molecule has 7 aliphatic carbocycles. The fourth-order valence-electron chi connectivity index (χ4n) is 14.2. The normalized spacial score (nSPS) is 26.8. The number of benzene rings is 6. The highest BCUT2D eigenvalue weighted by molar-refractivity contribution is 5.98. The number of hydrogen-bond donors (Lipinski definition) is 0. The van der Waals surface area contributed by atoms with Crippen molar-refractivity contribution in [3.05, 3.63) is 161 Å². The summed E-state index contributed by atoms with van der Waals surface area (Å²) in [6.07, 6.45) is 9.40. The molecule has 0 heterocycles. The van der Waals surface area contributed by atoms with Crippen LogP contribution >= 0.6 is 0 Å². The zero-order valence-electron chi connectivity index (χ0n) is 35.3. The minimum absolute atomic E-state index is 0.0635. The topological polar surface area (TPSA) is 3.24 Å². The van der Waals surface area contributed by atoms with Crippen LogP contribution in [0.5, 0.6) is 0 Å². The van der Waals surface area contributed by atoms with Crippen molar-refractivity contribution in [3.8, 4) is 33.4 Å². The molecule has 1 spiro atoms. The maximum atomic E-state index is 2.70. The second kappa shape index (κ2) is 11.9. The lowest BCUT2D eigenvalue weighted by Gasteiger charge is -2.61. The molecular formula is C57H57N. The molecule has 1 heteroatoms. The molecule has 4 bridgehead atoms. The third kappa shape index (κ3) is 4.65. The summed E-state index contributed by atoms with van der Waals surface area (Å²) in [6.45, 7) is 14.7. The van der Waals surface area contributed by atoms with Crippen LogP contribution in [0.25, 0.3) is 33.4 Å². The minimum Gasteiger partial charge on any atom is -0.310 e. The number of fused-ring (bicyclic) bond motifs is 7. The van der Waals surface area contributed by atoms with Gasteiger partial charge >= 0.3 is 0 Å². The molecule has 290 valence electrons. The van der Waals surface area contributed by atoms with Gasteiger partial charge in [-0.1, -0.05) is 133 Å². The number of nitrogens with zero attached hydrogens (tertiary/aromatic N) is 1. The maximum absolute atomic E-state index is 2.70. The van der Waals surface area contributed by atoms with Crippen molar-refractivity contribution in [2.75, 3.05) is 4.90 Å². The number of hydrogen-bond acceptors (Lipinski definition) is 1. The predicted octanol–water partition coefficient (Wildman–Crippen LogP) is 15.2. The fraction of sp³-hybridized carbons (Fsp3) is 0.368. The van der Waals surface area contributed by atoms with Gasteiger partial charge in [0.1, 0.15) is 0 Å². The van der Waals surface area contributed by atoms with Gasteiger partial charge in [0.25, 0.3) is 0 Å². The van der Waals surface area contributed by atoms with E-state index in [-0.39, 0.29) is 21.7 Å². The average molecular weight is 756 g/mol. The first kappa shape index (κ1) is 35.1. The summed E-state index contributed by atoms with van der Waals surface area (Å²) < 4.78 is 0. The second-order valence-corrected chi connectivity index (χ2v) is 21.2. The molecule has 13 rings (SSSR count). The maximum Gasteiger partial charge on any atom is 0.0549 e. The summed E-state index contributed by atoms with van der Waals surface area (Å²) in [5.74, 6) is 3.20. The highest BCUT2D eigenvalue weighted by Crippen LogP contribution is 2.71. The van der Waals surface area contributed by atoms with Gasteiger partial charge in [0, 0.05) is 27.8 Å². The van der Waals surface area contributed by atoms with Crippen molar-refractivity contribution in [1.29, 1.82) is 0 Å². The van der Waals surface area contributed by atoms with Crippen molar-refractivity contribution in [3.63, 3.8) is 0 Å². The molecule has 0 saturated heterocycles. The zero-order chi connectivity index (χ0) is 39.3. The van der Waals surface area contributed by atoms with Gasteiger partial charge in [0.05, 0.1) is 5.69 Å². The zero-order valence-corrected chi connectivity index (χ0v) is 35.3. The first-order valence-electron chi connectivity index (χ1n) is 22.5. The third-order valence-electron chi connectivity index (χ3n) is 16.9. The Balaban J connectivity index is 1.17. The van der Waals surface area contributed by atoms with E-state index in [0.29, 0.717) is 11.8 Å². The molecule has 6 aromatic carbocycles. The van der Waals surface area contributed by atoms with Gasteiger partial charge in [-0.15, -0.1) is 0 Å². The second-order valence-electron chi connectivity index (χ2n) is 21.2. The SMILES string of the molecule is CC1(C)CCC(C)(C)c2cc(N(c3ccc4c(c3)C(C)(C)c3ccccc3-4)c3cc(-c4ccccc4)cc4c3-c3ccccc3C43C4CC5CC(C4)CC3C5)ccc21. The Kier molecular flexibility index (Phi) is 7.18. The van der Waals surface area contributed by atoms with E-state index < -0.39 is 0 Å². The van der Waals surface area contributed by atoms with E-state index in [1.165, 1.54) is 118 Å². The largest absolute Gasteiger partial charge is 0.310 e. The van der Waals surface area contributed by atoms with E-state index in [9.17, 15) is 0 Å². The van der Waals surface area contributed by atoms with Crippen LogP contribution in [0, 0.1) is 23.7 Å². The monoisotopic (exact) mass is 755 g/mol. The molecule has 0 amide bonds. The number of anilines is 3. The van der Waals surface area contributed by atoms with Crippen LogP contribution < -0.4 is 4.90 Å². The molecule has 1 nitrogen and oxygen atoms in total. The summed E-state index contributed by atoms with van der Waals surface area (Å²) in [4.78, 5) is 2.70. The summed E-state index contributed by atoms with van der Waals surface area (Å²) in [7, 11) is 0. The van der Waals surface area contributed by atoms with Crippen LogP contribution in [0.3, 0.4) is 0 Å². The Labute approximate surface area is 346 Å². The van der Waals surface area contributed by atoms with Gasteiger partial charge in [-0.3, -0.25) is 0 Å². The van der Waals surface area contributed by atoms with Crippen LogP contribution in [-0.2, 0) is 21.7 Å². The van der Waals surface area contributed by atoms with E-state index >= 15 is 0 Å². The summed E-state index contributed by atoms with van der Waals surface area (Å²) in [5.41, 5.74) is 21.5. The van der Waals surface area contributed by atoms with E-state index in [2.05, 4.69) is 174 Å². The van der Waals surface area contributed by atoms with Gasteiger partial charge in [-0.25, -0.2) is 0 Å². The molecule has 7 aliphatic rings. The molecule has 0 atom stereocenters. The van der Waals surface area contributed by atoms with Crippen molar-refractivity contribution in [2.24, 2.45) is 23.7 Å². The molecule has 4 fully saturated rings. The highest BCUT2D eigenvalue weighted by atomic mass is 15.1. The molecular weight excluding hydrogens is 699 g/mol. The predicted molar refractivity (Wildman–Crippen MR) is 243 cm³/mol. The molecule has 0 aliphatic heterocycles. The van der Waals surface area contributed by atoms with Gasteiger partial charge in [0.15, 0.2) is 0 Å². The van der Waals surface area contributed by atoms with E-state index in [1.54, 1.807) is 11.1 Å². The van der Waals surface area contributed by atoms with Gasteiger partial charge in [-0.2, -0.15) is 0 Å². The van der Waals surface area contributed by atoms with Crippen LogP contribution in [-0.4, -0.2) is 0 Å². The highest BCUT2D eigenvalue weighted by Gasteiger charge is 2.62. The standard InChI is InChI=1S/C57H57N/c1-54(2)24-25-55(3,4)50-34-42(21-23-48(50)54)58(41-20-22-44-43-16-10-12-18-46(43)56(5,6)49(44)33-41)52-32-38(37-14-8-7-9-15-37)31-51-53(52)45-17-11-13-19-47(45)57(51)39-27-35-26-36(29-39)30-40(57)28-35/h7-23,31-36,39-40H,24-30H2,1-6H3.